The zero-order chi connectivity index (χ0) is 13.5. The Bertz CT molecular complexity index is 428. The van der Waals surface area contributed by atoms with E-state index in [1.165, 1.54) is 10.7 Å². The molecule has 0 fully saturated rings. The second-order valence-electron chi connectivity index (χ2n) is 4.08. The molecule has 0 aliphatic rings. The number of amides is 1. The smallest absolute Gasteiger partial charge is 0.358 e. The van der Waals surface area contributed by atoms with Gasteiger partial charge in [0.1, 0.15) is 0 Å². The summed E-state index contributed by atoms with van der Waals surface area (Å²) in [5.41, 5.74) is 0.683. The summed E-state index contributed by atoms with van der Waals surface area (Å²) < 4.78 is 1.48. The van der Waals surface area contributed by atoms with Crippen LogP contribution in [-0.2, 0) is 11.3 Å². The highest BCUT2D eigenvalue weighted by Gasteiger charge is 2.15. The van der Waals surface area contributed by atoms with Crippen LogP contribution in [0.15, 0.2) is 6.07 Å². The summed E-state index contributed by atoms with van der Waals surface area (Å²) in [6, 6.07) is 1.40. The molecule has 1 N–H and O–H groups in total. The third kappa shape index (κ3) is 4.15. The maximum atomic E-state index is 11.5. The minimum atomic E-state index is -0.537. The van der Waals surface area contributed by atoms with E-state index in [0.717, 1.165) is 12.8 Å². The van der Waals surface area contributed by atoms with Crippen LogP contribution in [-0.4, -0.2) is 27.2 Å². The van der Waals surface area contributed by atoms with Gasteiger partial charge >= 0.3 is 5.82 Å². The Morgan fingerprint density at radius 1 is 1.61 bits per heavy atom. The first kappa shape index (κ1) is 14.1. The number of hydrogen-bond acceptors (Lipinski definition) is 4. The molecule has 1 rings (SSSR count). The molecule has 0 bridgehead atoms. The SMILES string of the molecule is CCCCNC(=O)CCn1nc([N+](=O)[O-])cc1C. The Morgan fingerprint density at radius 3 is 2.89 bits per heavy atom. The Hall–Kier alpha value is -1.92. The van der Waals surface area contributed by atoms with Gasteiger partial charge in [-0.1, -0.05) is 13.3 Å². The van der Waals surface area contributed by atoms with Crippen molar-refractivity contribution in [3.63, 3.8) is 0 Å². The van der Waals surface area contributed by atoms with E-state index in [0.29, 0.717) is 18.8 Å². The van der Waals surface area contributed by atoms with Crippen molar-refractivity contribution in [2.75, 3.05) is 6.54 Å². The van der Waals surface area contributed by atoms with E-state index in [4.69, 9.17) is 0 Å². The second-order valence-corrected chi connectivity index (χ2v) is 4.08. The Kier molecular flexibility index (Phi) is 5.29. The topological polar surface area (TPSA) is 90.1 Å². The molecule has 0 saturated heterocycles. The molecule has 0 radical (unpaired) electrons. The fourth-order valence-electron chi connectivity index (χ4n) is 1.51. The first-order valence-corrected chi connectivity index (χ1v) is 6.00. The molecule has 100 valence electrons. The van der Waals surface area contributed by atoms with Gasteiger partial charge in [-0.15, -0.1) is 0 Å². The molecule has 1 amide bonds. The van der Waals surface area contributed by atoms with Crippen molar-refractivity contribution < 1.29 is 9.72 Å². The van der Waals surface area contributed by atoms with Crippen LogP contribution in [0, 0.1) is 17.0 Å². The number of aryl methyl sites for hydroxylation is 2. The van der Waals surface area contributed by atoms with Gasteiger partial charge < -0.3 is 15.4 Å². The minimum absolute atomic E-state index is 0.0546. The first-order valence-electron chi connectivity index (χ1n) is 6.00. The van der Waals surface area contributed by atoms with Crippen molar-refractivity contribution in [1.82, 2.24) is 15.1 Å². The quantitative estimate of drug-likeness (QED) is 0.452. The third-order valence-corrected chi connectivity index (χ3v) is 2.56. The van der Waals surface area contributed by atoms with E-state index < -0.39 is 4.92 Å². The van der Waals surface area contributed by atoms with Gasteiger partial charge in [-0.3, -0.25) is 4.79 Å². The van der Waals surface area contributed by atoms with Gasteiger partial charge in [-0.2, -0.15) is 4.68 Å². The predicted octanol–water partition coefficient (Wildman–Crippen LogP) is 1.41. The van der Waals surface area contributed by atoms with Gasteiger partial charge in [0.05, 0.1) is 23.4 Å². The molecule has 0 aliphatic heterocycles. The summed E-state index contributed by atoms with van der Waals surface area (Å²) in [4.78, 5) is 21.4. The van der Waals surface area contributed by atoms with Gasteiger partial charge in [-0.25, -0.2) is 0 Å². The van der Waals surface area contributed by atoms with Crippen LogP contribution >= 0.6 is 0 Å². The molecule has 0 saturated carbocycles. The lowest BCUT2D eigenvalue weighted by atomic mass is 10.3. The normalized spacial score (nSPS) is 10.3. The van der Waals surface area contributed by atoms with Crippen molar-refractivity contribution in [3.05, 3.63) is 21.9 Å². The number of nitro groups is 1. The molecule has 0 aromatic carbocycles. The van der Waals surface area contributed by atoms with Crippen LogP contribution in [0.5, 0.6) is 0 Å². The van der Waals surface area contributed by atoms with Crippen LogP contribution in [0.1, 0.15) is 31.9 Å². The van der Waals surface area contributed by atoms with Crippen molar-refractivity contribution >= 4 is 11.7 Å². The zero-order valence-corrected chi connectivity index (χ0v) is 10.7. The van der Waals surface area contributed by atoms with Crippen LogP contribution in [0.2, 0.25) is 0 Å². The number of nitrogens with one attached hydrogen (secondary N) is 1. The van der Waals surface area contributed by atoms with Crippen molar-refractivity contribution in [3.8, 4) is 0 Å². The fraction of sp³-hybridized carbons (Fsp3) is 0.636. The number of aromatic nitrogens is 2. The molecule has 7 heteroatoms. The van der Waals surface area contributed by atoms with E-state index in [2.05, 4.69) is 17.3 Å². The molecule has 18 heavy (non-hydrogen) atoms. The largest absolute Gasteiger partial charge is 0.390 e. The number of rotatable bonds is 7. The number of carbonyl (C=O) groups is 1. The molecule has 1 aromatic heterocycles. The second kappa shape index (κ2) is 6.73. The molecule has 0 atom stereocenters. The molecular formula is C11H18N4O3. The van der Waals surface area contributed by atoms with Crippen molar-refractivity contribution in [1.29, 1.82) is 0 Å². The standard InChI is InChI=1S/C11H18N4O3/c1-3-4-6-12-11(16)5-7-14-9(2)8-10(13-14)15(17)18/h8H,3-7H2,1-2H3,(H,12,16). The summed E-state index contributed by atoms with van der Waals surface area (Å²) in [6.07, 6.45) is 2.27. The van der Waals surface area contributed by atoms with Gasteiger partial charge in [0.25, 0.3) is 0 Å². The molecule has 0 aliphatic carbocycles. The van der Waals surface area contributed by atoms with Gasteiger partial charge in [0.2, 0.25) is 5.91 Å². The van der Waals surface area contributed by atoms with Gasteiger partial charge in [-0.05, 0) is 18.3 Å². The number of unbranched alkanes of at least 4 members (excludes halogenated alkanes) is 1. The maximum absolute atomic E-state index is 11.5. The summed E-state index contributed by atoms with van der Waals surface area (Å²) in [5.74, 6) is -0.236. The molecule has 0 spiro atoms. The number of hydrogen-bond donors (Lipinski definition) is 1. The molecule has 1 aromatic rings. The van der Waals surface area contributed by atoms with Crippen LogP contribution in [0.3, 0.4) is 0 Å². The highest BCUT2D eigenvalue weighted by molar-refractivity contribution is 5.75. The summed E-state index contributed by atoms with van der Waals surface area (Å²) in [5, 5.41) is 17.1. The Balaban J connectivity index is 2.43. The van der Waals surface area contributed by atoms with E-state index >= 15 is 0 Å². The summed E-state index contributed by atoms with van der Waals surface area (Å²) in [7, 11) is 0. The van der Waals surface area contributed by atoms with E-state index in [1.54, 1.807) is 6.92 Å². The van der Waals surface area contributed by atoms with Gasteiger partial charge in [0, 0.05) is 13.0 Å². The maximum Gasteiger partial charge on any atom is 0.390 e. The Labute approximate surface area is 105 Å². The molecule has 1 heterocycles. The van der Waals surface area contributed by atoms with E-state index in [1.807, 2.05) is 0 Å². The van der Waals surface area contributed by atoms with E-state index in [9.17, 15) is 14.9 Å². The van der Waals surface area contributed by atoms with Crippen LogP contribution in [0.25, 0.3) is 0 Å². The van der Waals surface area contributed by atoms with E-state index in [-0.39, 0.29) is 18.1 Å². The lowest BCUT2D eigenvalue weighted by Gasteiger charge is -2.03. The zero-order valence-electron chi connectivity index (χ0n) is 10.7. The van der Waals surface area contributed by atoms with Crippen molar-refractivity contribution in [2.45, 2.75) is 39.7 Å². The highest BCUT2D eigenvalue weighted by Crippen LogP contribution is 2.11. The number of nitrogens with zero attached hydrogens (tertiary/aromatic N) is 3. The lowest BCUT2D eigenvalue weighted by Crippen LogP contribution is -2.25. The summed E-state index contributed by atoms with van der Waals surface area (Å²) >= 11 is 0. The first-order chi connectivity index (χ1) is 8.54. The summed E-state index contributed by atoms with van der Waals surface area (Å²) in [6.45, 7) is 4.82. The van der Waals surface area contributed by atoms with Crippen LogP contribution < -0.4 is 5.32 Å². The molecule has 7 nitrogen and oxygen atoms in total. The fourth-order valence-corrected chi connectivity index (χ4v) is 1.51. The lowest BCUT2D eigenvalue weighted by molar-refractivity contribution is -0.389. The average Bonchev–Trinajstić information content (AvgIpc) is 2.69. The predicted molar refractivity (Wildman–Crippen MR) is 66.2 cm³/mol. The average molecular weight is 254 g/mol. The molecular weight excluding hydrogens is 236 g/mol. The van der Waals surface area contributed by atoms with Gasteiger partial charge in [0.15, 0.2) is 0 Å². The van der Waals surface area contributed by atoms with Crippen molar-refractivity contribution in [2.24, 2.45) is 0 Å². The Morgan fingerprint density at radius 2 is 2.33 bits per heavy atom. The monoisotopic (exact) mass is 254 g/mol. The highest BCUT2D eigenvalue weighted by atomic mass is 16.6. The minimum Gasteiger partial charge on any atom is -0.358 e. The molecule has 0 unspecified atom stereocenters. The third-order valence-electron chi connectivity index (χ3n) is 2.56. The van der Waals surface area contributed by atoms with Crippen LogP contribution in [0.4, 0.5) is 5.82 Å². The number of carbonyl (C=O) groups excluding carboxylic acids is 1.